The molecule has 39 heavy (non-hydrogen) atoms. The van der Waals surface area contributed by atoms with Crippen molar-refractivity contribution in [2.75, 3.05) is 18.0 Å². The molecule has 192 valence electrons. The van der Waals surface area contributed by atoms with Gasteiger partial charge in [-0.3, -0.25) is 4.98 Å². The lowest BCUT2D eigenvalue weighted by atomic mass is 9.84. The highest BCUT2D eigenvalue weighted by Gasteiger charge is 2.37. The maximum absolute atomic E-state index is 13.6. The predicted molar refractivity (Wildman–Crippen MR) is 148 cm³/mol. The van der Waals surface area contributed by atoms with Crippen molar-refractivity contribution in [1.82, 2.24) is 24.6 Å². The molecule has 0 radical (unpaired) electrons. The van der Waals surface area contributed by atoms with Crippen LogP contribution in [-0.2, 0) is 0 Å². The molecule has 0 saturated heterocycles. The van der Waals surface area contributed by atoms with Crippen molar-refractivity contribution in [3.63, 3.8) is 0 Å². The molecule has 0 bridgehead atoms. The standard InChI is InChI=1S/C30H24N6O3/c1-3-35(4-2)20-11-9-18(10-12-20)23-24-26(21-7-5-6-8-22(21)38-30(24)37)39-29-25(23)28-33-27(34-36(28)17-32-29)19-13-15-31-16-14-19/h5-17,23H,3-4H2,1-2H3. The molecule has 1 unspecified atom stereocenters. The summed E-state index contributed by atoms with van der Waals surface area (Å²) in [7, 11) is 0. The Balaban J connectivity index is 1.50. The zero-order valence-electron chi connectivity index (χ0n) is 21.4. The minimum atomic E-state index is -0.527. The fourth-order valence-electron chi connectivity index (χ4n) is 5.35. The van der Waals surface area contributed by atoms with Crippen LogP contribution >= 0.6 is 0 Å². The van der Waals surface area contributed by atoms with E-state index in [1.165, 1.54) is 0 Å². The van der Waals surface area contributed by atoms with Gasteiger partial charge in [0.05, 0.1) is 22.4 Å². The summed E-state index contributed by atoms with van der Waals surface area (Å²) < 4.78 is 13.8. The molecule has 7 rings (SSSR count). The maximum atomic E-state index is 13.6. The number of benzene rings is 2. The van der Waals surface area contributed by atoms with Gasteiger partial charge in [0.25, 0.3) is 0 Å². The lowest BCUT2D eigenvalue weighted by Crippen LogP contribution is -2.23. The van der Waals surface area contributed by atoms with Gasteiger partial charge >= 0.3 is 5.63 Å². The third-order valence-corrected chi connectivity index (χ3v) is 7.26. The van der Waals surface area contributed by atoms with Crippen LogP contribution in [-0.4, -0.2) is 37.7 Å². The van der Waals surface area contributed by atoms with E-state index < -0.39 is 11.5 Å². The molecule has 9 heteroatoms. The quantitative estimate of drug-likeness (QED) is 0.280. The minimum absolute atomic E-state index is 0.386. The number of rotatable bonds is 5. The van der Waals surface area contributed by atoms with E-state index in [9.17, 15) is 4.79 Å². The highest BCUT2D eigenvalue weighted by atomic mass is 16.5. The number of pyridine rings is 1. The van der Waals surface area contributed by atoms with Gasteiger partial charge in [0.15, 0.2) is 17.2 Å². The van der Waals surface area contributed by atoms with E-state index in [1.807, 2.05) is 30.3 Å². The Labute approximate surface area is 223 Å². The summed E-state index contributed by atoms with van der Waals surface area (Å²) in [5.74, 6) is 0.843. The molecule has 0 fully saturated rings. The van der Waals surface area contributed by atoms with E-state index in [4.69, 9.17) is 14.1 Å². The van der Waals surface area contributed by atoms with Crippen molar-refractivity contribution < 1.29 is 9.15 Å². The second-order valence-corrected chi connectivity index (χ2v) is 9.33. The Morgan fingerprint density at radius 2 is 1.72 bits per heavy atom. The van der Waals surface area contributed by atoms with E-state index in [2.05, 4.69) is 58.1 Å². The summed E-state index contributed by atoms with van der Waals surface area (Å²) in [5.41, 5.74) is 4.49. The molecule has 1 aliphatic heterocycles. The van der Waals surface area contributed by atoms with Crippen molar-refractivity contribution in [3.05, 3.63) is 106 Å². The Bertz CT molecular complexity index is 1890. The zero-order valence-corrected chi connectivity index (χ0v) is 21.4. The first-order valence-corrected chi connectivity index (χ1v) is 12.9. The number of hydrogen-bond acceptors (Lipinski definition) is 8. The zero-order chi connectivity index (χ0) is 26.5. The lowest BCUT2D eigenvalue weighted by molar-refractivity contribution is 0.422. The highest BCUT2D eigenvalue weighted by molar-refractivity contribution is 5.87. The van der Waals surface area contributed by atoms with E-state index in [1.54, 1.807) is 29.3 Å². The molecule has 2 aromatic carbocycles. The van der Waals surface area contributed by atoms with Crippen LogP contribution in [0.5, 0.6) is 11.6 Å². The lowest BCUT2D eigenvalue weighted by Gasteiger charge is -2.28. The second kappa shape index (κ2) is 9.05. The molecule has 5 heterocycles. The fourth-order valence-corrected chi connectivity index (χ4v) is 5.35. The molecular formula is C30H24N6O3. The van der Waals surface area contributed by atoms with Crippen LogP contribution in [0.3, 0.4) is 0 Å². The molecule has 0 aliphatic carbocycles. The van der Waals surface area contributed by atoms with Crippen molar-refractivity contribution in [2.24, 2.45) is 0 Å². The molecule has 0 N–H and O–H groups in total. The van der Waals surface area contributed by atoms with Crippen LogP contribution in [0, 0.1) is 0 Å². The van der Waals surface area contributed by atoms with Crippen LogP contribution in [0.2, 0.25) is 0 Å². The fraction of sp³-hybridized carbons (Fsp3) is 0.167. The van der Waals surface area contributed by atoms with Gasteiger partial charge < -0.3 is 14.1 Å². The van der Waals surface area contributed by atoms with Gasteiger partial charge in [0.1, 0.15) is 11.9 Å². The monoisotopic (exact) mass is 516 g/mol. The van der Waals surface area contributed by atoms with E-state index in [0.717, 1.165) is 29.9 Å². The van der Waals surface area contributed by atoms with E-state index in [0.29, 0.717) is 45.2 Å². The number of ether oxygens (including phenoxy) is 1. The van der Waals surface area contributed by atoms with Gasteiger partial charge in [-0.2, -0.15) is 0 Å². The molecule has 0 spiro atoms. The number of aromatic nitrogens is 5. The van der Waals surface area contributed by atoms with Crippen molar-refractivity contribution in [3.8, 4) is 23.0 Å². The predicted octanol–water partition coefficient (Wildman–Crippen LogP) is 5.42. The molecule has 0 saturated carbocycles. The number of anilines is 1. The summed E-state index contributed by atoms with van der Waals surface area (Å²) in [4.78, 5) is 29.4. The minimum Gasteiger partial charge on any atom is -0.437 e. The summed E-state index contributed by atoms with van der Waals surface area (Å²) in [6.07, 6.45) is 4.99. The summed E-state index contributed by atoms with van der Waals surface area (Å²) in [6.45, 7) is 6.06. The van der Waals surface area contributed by atoms with E-state index >= 15 is 0 Å². The molecule has 4 aromatic heterocycles. The molecule has 0 amide bonds. The Morgan fingerprint density at radius 3 is 2.49 bits per heavy atom. The van der Waals surface area contributed by atoms with Crippen LogP contribution < -0.4 is 15.3 Å². The van der Waals surface area contributed by atoms with E-state index in [-0.39, 0.29) is 0 Å². The normalized spacial score (nSPS) is 14.2. The number of nitrogens with zero attached hydrogens (tertiary/aromatic N) is 6. The molecule has 1 atom stereocenters. The van der Waals surface area contributed by atoms with Gasteiger partial charge in [-0.15, -0.1) is 5.10 Å². The second-order valence-electron chi connectivity index (χ2n) is 9.33. The molecule has 6 aromatic rings. The first kappa shape index (κ1) is 23.1. The van der Waals surface area contributed by atoms with Crippen LogP contribution in [0.15, 0.2) is 88.6 Å². The largest absolute Gasteiger partial charge is 0.437 e. The smallest absolute Gasteiger partial charge is 0.344 e. The van der Waals surface area contributed by atoms with Crippen LogP contribution in [0.4, 0.5) is 5.69 Å². The SMILES string of the molecule is CCN(CC)c1ccc(C2c3c(c4ccccc4oc3=O)Oc3ncn4nc(-c5ccncc5)nc4c32)cc1. The Hall–Kier alpha value is -5.05. The van der Waals surface area contributed by atoms with Crippen LogP contribution in [0.1, 0.15) is 36.5 Å². The van der Waals surface area contributed by atoms with Gasteiger partial charge in [-0.1, -0.05) is 24.3 Å². The third-order valence-electron chi connectivity index (χ3n) is 7.26. The molecular weight excluding hydrogens is 492 g/mol. The maximum Gasteiger partial charge on any atom is 0.344 e. The Kier molecular flexibility index (Phi) is 5.36. The average molecular weight is 517 g/mol. The van der Waals surface area contributed by atoms with Crippen molar-refractivity contribution >= 4 is 22.3 Å². The van der Waals surface area contributed by atoms with Gasteiger partial charge in [-0.25, -0.2) is 19.3 Å². The highest BCUT2D eigenvalue weighted by Crippen LogP contribution is 2.49. The number of fused-ring (bicyclic) bond motifs is 6. The topological polar surface area (TPSA) is 98.7 Å². The summed E-state index contributed by atoms with van der Waals surface area (Å²) >= 11 is 0. The van der Waals surface area contributed by atoms with Crippen molar-refractivity contribution in [2.45, 2.75) is 19.8 Å². The third kappa shape index (κ3) is 3.65. The average Bonchev–Trinajstić information content (AvgIpc) is 3.43. The first-order valence-electron chi connectivity index (χ1n) is 12.9. The first-order chi connectivity index (χ1) is 19.2. The number of hydrogen-bond donors (Lipinski definition) is 0. The van der Waals surface area contributed by atoms with Crippen LogP contribution in [0.25, 0.3) is 28.0 Å². The Morgan fingerprint density at radius 1 is 0.949 bits per heavy atom. The number of para-hydroxylation sites is 1. The van der Waals surface area contributed by atoms with Crippen molar-refractivity contribution in [1.29, 1.82) is 0 Å². The summed E-state index contributed by atoms with van der Waals surface area (Å²) in [5, 5.41) is 5.37. The molecule has 9 nitrogen and oxygen atoms in total. The van der Waals surface area contributed by atoms with Gasteiger partial charge in [0, 0.05) is 36.7 Å². The van der Waals surface area contributed by atoms with Gasteiger partial charge in [-0.05, 0) is 55.8 Å². The van der Waals surface area contributed by atoms with Gasteiger partial charge in [0.2, 0.25) is 5.88 Å². The molecule has 1 aliphatic rings. The summed E-state index contributed by atoms with van der Waals surface area (Å²) in [6, 6.07) is 19.3.